The number of halogens is 1. The quantitative estimate of drug-likeness (QED) is 0.650. The van der Waals surface area contributed by atoms with E-state index in [0.29, 0.717) is 21.8 Å². The molecule has 0 spiro atoms. The first kappa shape index (κ1) is 18.6. The van der Waals surface area contributed by atoms with E-state index in [0.717, 1.165) is 31.5 Å². The highest BCUT2D eigenvalue weighted by Gasteiger charge is 2.17. The molecular weight excluding hydrogens is 352 g/mol. The van der Waals surface area contributed by atoms with E-state index in [2.05, 4.69) is 39.8 Å². The summed E-state index contributed by atoms with van der Waals surface area (Å²) >= 11 is 3.36. The third-order valence-corrected chi connectivity index (χ3v) is 5.55. The third kappa shape index (κ3) is 6.46. The lowest BCUT2D eigenvalue weighted by Crippen LogP contribution is -2.25. The molecule has 0 aliphatic heterocycles. The predicted molar refractivity (Wildman–Crippen MR) is 90.8 cm³/mol. The van der Waals surface area contributed by atoms with Crippen LogP contribution in [-0.2, 0) is 16.6 Å². The minimum Gasteiger partial charge on any atom is -0.313 e. The Kier molecular flexibility index (Phi) is 7.87. The van der Waals surface area contributed by atoms with Gasteiger partial charge in [-0.25, -0.2) is 13.1 Å². The molecule has 0 amide bonds. The molecule has 0 radical (unpaired) electrons. The first-order valence-corrected chi connectivity index (χ1v) is 9.63. The summed E-state index contributed by atoms with van der Waals surface area (Å²) in [5.74, 6) is 0.589. The highest BCUT2D eigenvalue weighted by atomic mass is 79.9. The van der Waals surface area contributed by atoms with E-state index in [-0.39, 0.29) is 0 Å². The minimum absolute atomic E-state index is 0.298. The van der Waals surface area contributed by atoms with Crippen molar-refractivity contribution in [2.45, 2.75) is 45.1 Å². The van der Waals surface area contributed by atoms with Gasteiger partial charge in [-0.2, -0.15) is 0 Å². The van der Waals surface area contributed by atoms with Gasteiger partial charge in [0.2, 0.25) is 10.0 Å². The molecule has 4 nitrogen and oxygen atoms in total. The molecule has 0 saturated carbocycles. The summed E-state index contributed by atoms with van der Waals surface area (Å²) in [4.78, 5) is 0.298. The monoisotopic (exact) mass is 376 g/mol. The van der Waals surface area contributed by atoms with Crippen molar-refractivity contribution in [2.75, 3.05) is 13.1 Å². The summed E-state index contributed by atoms with van der Waals surface area (Å²) in [7, 11) is -3.44. The second kappa shape index (κ2) is 8.88. The lowest BCUT2D eigenvalue weighted by molar-refractivity contribution is 0.539. The van der Waals surface area contributed by atoms with E-state index in [1.54, 1.807) is 6.07 Å². The normalized spacial score (nSPS) is 12.0. The van der Waals surface area contributed by atoms with Gasteiger partial charge in [0, 0.05) is 17.6 Å². The summed E-state index contributed by atoms with van der Waals surface area (Å²) in [6.45, 7) is 8.40. The van der Waals surface area contributed by atoms with Crippen LogP contribution >= 0.6 is 15.9 Å². The van der Waals surface area contributed by atoms with E-state index < -0.39 is 10.0 Å². The fourth-order valence-electron chi connectivity index (χ4n) is 1.94. The number of nitrogens with one attached hydrogen (secondary N) is 2. The molecule has 1 rings (SSSR count). The summed E-state index contributed by atoms with van der Waals surface area (Å²) < 4.78 is 27.8. The average Bonchev–Trinajstić information content (AvgIpc) is 2.41. The molecule has 1 aromatic rings. The second-order valence-corrected chi connectivity index (χ2v) is 8.07. The van der Waals surface area contributed by atoms with Crippen LogP contribution in [0, 0.1) is 5.92 Å². The molecular formula is C15H25BrN2O2S. The van der Waals surface area contributed by atoms with Gasteiger partial charge in [0.15, 0.2) is 0 Å². The lowest BCUT2D eigenvalue weighted by Gasteiger charge is -2.11. The Morgan fingerprint density at radius 3 is 2.57 bits per heavy atom. The van der Waals surface area contributed by atoms with Gasteiger partial charge in [0.25, 0.3) is 0 Å². The maximum Gasteiger partial charge on any atom is 0.241 e. The number of hydrogen-bond acceptors (Lipinski definition) is 3. The van der Waals surface area contributed by atoms with E-state index >= 15 is 0 Å². The van der Waals surface area contributed by atoms with Gasteiger partial charge in [-0.3, -0.25) is 0 Å². The zero-order valence-corrected chi connectivity index (χ0v) is 15.4. The summed E-state index contributed by atoms with van der Waals surface area (Å²) in [6.07, 6.45) is 1.87. The molecule has 0 bridgehead atoms. The average molecular weight is 377 g/mol. The lowest BCUT2D eigenvalue weighted by atomic mass is 10.1. The van der Waals surface area contributed by atoms with Gasteiger partial charge in [-0.05, 0) is 58.9 Å². The van der Waals surface area contributed by atoms with Crippen LogP contribution < -0.4 is 10.0 Å². The van der Waals surface area contributed by atoms with Crippen molar-refractivity contribution in [3.05, 3.63) is 28.2 Å². The molecule has 0 fully saturated rings. The van der Waals surface area contributed by atoms with Crippen LogP contribution in [0.3, 0.4) is 0 Å². The Bertz CT molecular complexity index is 545. The first-order valence-electron chi connectivity index (χ1n) is 7.35. The van der Waals surface area contributed by atoms with E-state index in [4.69, 9.17) is 0 Å². The Morgan fingerprint density at radius 1 is 1.29 bits per heavy atom. The summed E-state index contributed by atoms with van der Waals surface area (Å²) in [6, 6.07) is 5.35. The zero-order valence-electron chi connectivity index (χ0n) is 12.9. The van der Waals surface area contributed by atoms with Crippen molar-refractivity contribution in [1.29, 1.82) is 0 Å². The molecule has 21 heavy (non-hydrogen) atoms. The van der Waals surface area contributed by atoms with Gasteiger partial charge >= 0.3 is 0 Å². The minimum atomic E-state index is -3.44. The van der Waals surface area contributed by atoms with E-state index in [1.807, 2.05) is 19.1 Å². The van der Waals surface area contributed by atoms with Crippen LogP contribution in [0.2, 0.25) is 0 Å². The van der Waals surface area contributed by atoms with E-state index in [1.165, 1.54) is 0 Å². The Hall–Kier alpha value is -0.430. The van der Waals surface area contributed by atoms with Crippen molar-refractivity contribution in [1.82, 2.24) is 10.0 Å². The van der Waals surface area contributed by atoms with Crippen molar-refractivity contribution >= 4 is 26.0 Å². The molecule has 120 valence electrons. The first-order chi connectivity index (χ1) is 9.86. The van der Waals surface area contributed by atoms with Gasteiger partial charge < -0.3 is 5.32 Å². The van der Waals surface area contributed by atoms with Crippen LogP contribution in [0.25, 0.3) is 0 Å². The van der Waals surface area contributed by atoms with Gasteiger partial charge in [0.05, 0.1) is 4.90 Å². The van der Waals surface area contributed by atoms with Gasteiger partial charge in [-0.1, -0.05) is 26.8 Å². The molecule has 0 atom stereocenters. The van der Waals surface area contributed by atoms with Crippen LogP contribution in [-0.4, -0.2) is 21.5 Å². The molecule has 2 N–H and O–H groups in total. The molecule has 1 aromatic carbocycles. The Balaban J connectivity index is 2.70. The molecule has 6 heteroatoms. The molecule has 0 aromatic heterocycles. The fraction of sp³-hybridized carbons (Fsp3) is 0.600. The highest BCUT2D eigenvalue weighted by molar-refractivity contribution is 9.10. The maximum absolute atomic E-state index is 12.3. The molecule has 0 heterocycles. The van der Waals surface area contributed by atoms with Crippen molar-refractivity contribution < 1.29 is 8.42 Å². The smallest absolute Gasteiger partial charge is 0.241 e. The number of sulfonamides is 1. The van der Waals surface area contributed by atoms with Crippen LogP contribution in [0.15, 0.2) is 27.6 Å². The maximum atomic E-state index is 12.3. The topological polar surface area (TPSA) is 58.2 Å². The van der Waals surface area contributed by atoms with Crippen LogP contribution in [0.4, 0.5) is 0 Å². The van der Waals surface area contributed by atoms with Crippen molar-refractivity contribution in [3.63, 3.8) is 0 Å². The standard InChI is InChI=1S/C15H25BrN2O2S/c1-4-17-11-13-7-8-15(14(16)10-13)21(19,20)18-9-5-6-12(2)3/h7-8,10,12,17-18H,4-6,9,11H2,1-3H3. The largest absolute Gasteiger partial charge is 0.313 e. The van der Waals surface area contributed by atoms with Crippen LogP contribution in [0.5, 0.6) is 0 Å². The van der Waals surface area contributed by atoms with Crippen molar-refractivity contribution in [2.24, 2.45) is 5.92 Å². The molecule has 0 saturated heterocycles. The SMILES string of the molecule is CCNCc1ccc(S(=O)(=O)NCCCC(C)C)c(Br)c1. The van der Waals surface area contributed by atoms with E-state index in [9.17, 15) is 8.42 Å². The second-order valence-electron chi connectivity index (χ2n) is 5.48. The Morgan fingerprint density at radius 2 is 2.00 bits per heavy atom. The number of rotatable bonds is 9. The Labute approximate surface area is 136 Å². The van der Waals surface area contributed by atoms with Gasteiger partial charge in [-0.15, -0.1) is 0 Å². The molecule has 0 aliphatic rings. The van der Waals surface area contributed by atoms with Gasteiger partial charge in [0.1, 0.15) is 0 Å². The molecule has 0 aliphatic carbocycles. The predicted octanol–water partition coefficient (Wildman–Crippen LogP) is 3.27. The third-order valence-electron chi connectivity index (χ3n) is 3.12. The summed E-state index contributed by atoms with van der Waals surface area (Å²) in [5.41, 5.74) is 1.06. The number of hydrogen-bond donors (Lipinski definition) is 2. The number of benzene rings is 1. The highest BCUT2D eigenvalue weighted by Crippen LogP contribution is 2.23. The zero-order chi connectivity index (χ0) is 15.9. The summed E-state index contributed by atoms with van der Waals surface area (Å²) in [5, 5.41) is 3.22. The van der Waals surface area contributed by atoms with Crippen LogP contribution in [0.1, 0.15) is 39.2 Å². The fourth-order valence-corrected chi connectivity index (χ4v) is 4.13. The van der Waals surface area contributed by atoms with Crippen molar-refractivity contribution in [3.8, 4) is 0 Å². The molecule has 0 unspecified atom stereocenters.